The van der Waals surface area contributed by atoms with E-state index in [9.17, 15) is 9.90 Å². The molecule has 19 heavy (non-hydrogen) atoms. The Morgan fingerprint density at radius 2 is 2.26 bits per heavy atom. The maximum Gasteiger partial charge on any atom is 0.276 e. The third-order valence-corrected chi connectivity index (χ3v) is 3.98. The molecule has 104 valence electrons. The van der Waals surface area contributed by atoms with Crippen LogP contribution in [0.25, 0.3) is 0 Å². The fraction of sp³-hybridized carbons (Fsp3) is 0.571. The van der Waals surface area contributed by atoms with Crippen molar-refractivity contribution >= 4 is 5.91 Å². The average Bonchev–Trinajstić information content (AvgIpc) is 2.46. The van der Waals surface area contributed by atoms with Gasteiger partial charge in [-0.1, -0.05) is 12.8 Å². The normalized spacial score (nSPS) is 23.1. The van der Waals surface area contributed by atoms with E-state index in [1.807, 2.05) is 0 Å². The summed E-state index contributed by atoms with van der Waals surface area (Å²) in [5.41, 5.74) is 5.91. The van der Waals surface area contributed by atoms with Crippen molar-refractivity contribution in [3.63, 3.8) is 0 Å². The number of hydrogen-bond donors (Lipinski definition) is 2. The van der Waals surface area contributed by atoms with Crippen molar-refractivity contribution in [1.29, 1.82) is 0 Å². The zero-order chi connectivity index (χ0) is 13.8. The molecule has 1 aliphatic carbocycles. The molecule has 0 saturated heterocycles. The van der Waals surface area contributed by atoms with Crippen LogP contribution < -0.4 is 5.73 Å². The molecular weight excluding hydrogens is 242 g/mol. The van der Waals surface area contributed by atoms with Crippen LogP contribution in [0.15, 0.2) is 18.3 Å². The summed E-state index contributed by atoms with van der Waals surface area (Å²) in [5, 5.41) is 9.72. The zero-order valence-corrected chi connectivity index (χ0v) is 11.2. The number of carbonyl (C=O) groups is 1. The Kier molecular flexibility index (Phi) is 4.37. The molecule has 1 aromatic heterocycles. The van der Waals surface area contributed by atoms with E-state index >= 15 is 0 Å². The van der Waals surface area contributed by atoms with Gasteiger partial charge in [-0.2, -0.15) is 0 Å². The maximum absolute atomic E-state index is 12.4. The van der Waals surface area contributed by atoms with Gasteiger partial charge in [0.2, 0.25) is 0 Å². The van der Waals surface area contributed by atoms with Crippen LogP contribution in [-0.4, -0.2) is 40.5 Å². The predicted molar refractivity (Wildman–Crippen MR) is 72.8 cm³/mol. The Morgan fingerprint density at radius 1 is 1.53 bits per heavy atom. The number of aromatic nitrogens is 1. The van der Waals surface area contributed by atoms with Crippen molar-refractivity contribution < 1.29 is 9.90 Å². The predicted octanol–water partition coefficient (Wildman–Crippen LogP) is 1.38. The standard InChI is InChI=1S/C14H21N3O2/c1-17(11-6-3-2-5-10(11)9-15)14(19)13-12(18)7-4-8-16-13/h4,7-8,10-11,18H,2-3,5-6,9,15H2,1H3. The molecule has 2 rings (SSSR count). The lowest BCUT2D eigenvalue weighted by molar-refractivity contribution is 0.0611. The highest BCUT2D eigenvalue weighted by Crippen LogP contribution is 2.28. The Bertz CT molecular complexity index is 450. The molecule has 0 aromatic carbocycles. The summed E-state index contributed by atoms with van der Waals surface area (Å²) in [6.07, 6.45) is 5.84. The fourth-order valence-corrected chi connectivity index (χ4v) is 2.85. The summed E-state index contributed by atoms with van der Waals surface area (Å²) in [7, 11) is 1.77. The summed E-state index contributed by atoms with van der Waals surface area (Å²) in [4.78, 5) is 18.1. The van der Waals surface area contributed by atoms with E-state index in [0.717, 1.165) is 19.3 Å². The molecule has 0 radical (unpaired) electrons. The van der Waals surface area contributed by atoms with Crippen molar-refractivity contribution in [2.24, 2.45) is 11.7 Å². The molecule has 1 aliphatic rings. The zero-order valence-electron chi connectivity index (χ0n) is 11.2. The van der Waals surface area contributed by atoms with Gasteiger partial charge in [0, 0.05) is 19.3 Å². The number of nitrogens with two attached hydrogens (primary N) is 1. The summed E-state index contributed by atoms with van der Waals surface area (Å²) in [6.45, 7) is 0.594. The van der Waals surface area contributed by atoms with Crippen molar-refractivity contribution in [2.75, 3.05) is 13.6 Å². The molecule has 1 saturated carbocycles. The minimum atomic E-state index is -0.233. The second kappa shape index (κ2) is 6.02. The van der Waals surface area contributed by atoms with E-state index in [-0.39, 0.29) is 23.4 Å². The molecule has 3 N–H and O–H groups in total. The Labute approximate surface area is 113 Å². The highest BCUT2D eigenvalue weighted by molar-refractivity contribution is 5.94. The lowest BCUT2D eigenvalue weighted by atomic mass is 9.83. The molecule has 1 heterocycles. The van der Waals surface area contributed by atoms with Gasteiger partial charge in [-0.25, -0.2) is 4.98 Å². The second-order valence-electron chi connectivity index (χ2n) is 5.13. The first-order valence-electron chi connectivity index (χ1n) is 6.76. The summed E-state index contributed by atoms with van der Waals surface area (Å²) >= 11 is 0. The van der Waals surface area contributed by atoms with Gasteiger partial charge in [0.15, 0.2) is 5.69 Å². The number of amides is 1. The lowest BCUT2D eigenvalue weighted by Gasteiger charge is -2.37. The SMILES string of the molecule is CN(C(=O)c1ncccc1O)C1CCCCC1CN. The molecule has 0 bridgehead atoms. The molecule has 1 aromatic rings. The first-order valence-corrected chi connectivity index (χ1v) is 6.76. The van der Waals surface area contributed by atoms with Gasteiger partial charge in [-0.05, 0) is 37.4 Å². The first kappa shape index (κ1) is 13.8. The summed E-state index contributed by atoms with van der Waals surface area (Å²) in [5.74, 6) is 0.0384. The molecule has 0 aliphatic heterocycles. The third kappa shape index (κ3) is 2.87. The summed E-state index contributed by atoms with van der Waals surface area (Å²) < 4.78 is 0. The number of carbonyl (C=O) groups excluding carboxylic acids is 1. The molecule has 2 unspecified atom stereocenters. The van der Waals surface area contributed by atoms with Crippen LogP contribution in [0.1, 0.15) is 36.2 Å². The Balaban J connectivity index is 2.16. The first-order chi connectivity index (χ1) is 9.15. The Morgan fingerprint density at radius 3 is 2.95 bits per heavy atom. The molecule has 5 nitrogen and oxygen atoms in total. The molecule has 1 fully saturated rings. The van der Waals surface area contributed by atoms with Crippen molar-refractivity contribution in [2.45, 2.75) is 31.7 Å². The number of pyridine rings is 1. The van der Waals surface area contributed by atoms with Gasteiger partial charge in [0.25, 0.3) is 5.91 Å². The van der Waals surface area contributed by atoms with Crippen LogP contribution in [0.2, 0.25) is 0 Å². The van der Waals surface area contributed by atoms with E-state index in [0.29, 0.717) is 12.5 Å². The average molecular weight is 263 g/mol. The van der Waals surface area contributed by atoms with Crippen LogP contribution in [0.4, 0.5) is 0 Å². The third-order valence-electron chi connectivity index (χ3n) is 3.98. The van der Waals surface area contributed by atoms with Crippen LogP contribution in [0.5, 0.6) is 5.75 Å². The molecular formula is C14H21N3O2. The van der Waals surface area contributed by atoms with Crippen molar-refractivity contribution in [3.05, 3.63) is 24.0 Å². The molecule has 1 amide bonds. The smallest absolute Gasteiger partial charge is 0.276 e. The highest BCUT2D eigenvalue weighted by atomic mass is 16.3. The van der Waals surface area contributed by atoms with Gasteiger partial charge in [-0.15, -0.1) is 0 Å². The largest absolute Gasteiger partial charge is 0.505 e. The van der Waals surface area contributed by atoms with E-state index in [1.54, 1.807) is 18.0 Å². The molecule has 5 heteroatoms. The monoisotopic (exact) mass is 263 g/mol. The number of rotatable bonds is 3. The van der Waals surface area contributed by atoms with Crippen LogP contribution in [0, 0.1) is 5.92 Å². The lowest BCUT2D eigenvalue weighted by Crippen LogP contribution is -2.46. The molecule has 2 atom stereocenters. The number of hydrogen-bond acceptors (Lipinski definition) is 4. The number of aromatic hydroxyl groups is 1. The molecule has 0 spiro atoms. The van der Waals surface area contributed by atoms with E-state index < -0.39 is 0 Å². The minimum absolute atomic E-state index is 0.0699. The van der Waals surface area contributed by atoms with E-state index in [4.69, 9.17) is 5.73 Å². The Hall–Kier alpha value is -1.62. The van der Waals surface area contributed by atoms with Gasteiger partial charge >= 0.3 is 0 Å². The van der Waals surface area contributed by atoms with Crippen LogP contribution in [0.3, 0.4) is 0 Å². The topological polar surface area (TPSA) is 79.5 Å². The quantitative estimate of drug-likeness (QED) is 0.863. The van der Waals surface area contributed by atoms with E-state index in [1.165, 1.54) is 18.7 Å². The van der Waals surface area contributed by atoms with Gasteiger partial charge in [0.05, 0.1) is 0 Å². The number of nitrogens with zero attached hydrogens (tertiary/aromatic N) is 2. The minimum Gasteiger partial charge on any atom is -0.505 e. The van der Waals surface area contributed by atoms with Gasteiger partial charge in [0.1, 0.15) is 5.75 Å². The highest BCUT2D eigenvalue weighted by Gasteiger charge is 2.31. The summed E-state index contributed by atoms with van der Waals surface area (Å²) in [6, 6.07) is 3.23. The maximum atomic E-state index is 12.4. The van der Waals surface area contributed by atoms with Crippen molar-refractivity contribution in [3.8, 4) is 5.75 Å². The van der Waals surface area contributed by atoms with Crippen LogP contribution in [-0.2, 0) is 0 Å². The van der Waals surface area contributed by atoms with Gasteiger partial charge < -0.3 is 15.7 Å². The van der Waals surface area contributed by atoms with Crippen LogP contribution >= 0.6 is 0 Å². The fourth-order valence-electron chi connectivity index (χ4n) is 2.85. The second-order valence-corrected chi connectivity index (χ2v) is 5.13. The van der Waals surface area contributed by atoms with Crippen molar-refractivity contribution in [1.82, 2.24) is 9.88 Å². The van der Waals surface area contributed by atoms with Gasteiger partial charge in [-0.3, -0.25) is 4.79 Å². The van der Waals surface area contributed by atoms with E-state index in [2.05, 4.69) is 4.98 Å².